The average Bonchev–Trinajstić information content (AvgIpc) is 2.78. The zero-order chi connectivity index (χ0) is 14.7. The molecule has 0 spiro atoms. The van der Waals surface area contributed by atoms with Crippen LogP contribution in [0.2, 0.25) is 0 Å². The minimum absolute atomic E-state index is 0.362. The molecule has 2 N–H and O–H groups in total. The summed E-state index contributed by atoms with van der Waals surface area (Å²) in [5.41, 5.74) is 4.73. The second kappa shape index (κ2) is 5.95. The van der Waals surface area contributed by atoms with Gasteiger partial charge in [-0.3, -0.25) is 4.79 Å². The maximum atomic E-state index is 10.9. The fraction of sp³-hybridized carbons (Fsp3) is 0.353. The zero-order valence-electron chi connectivity index (χ0n) is 12.2. The van der Waals surface area contributed by atoms with Crippen molar-refractivity contribution in [1.82, 2.24) is 4.98 Å². The number of benzene rings is 1. The van der Waals surface area contributed by atoms with Gasteiger partial charge in [-0.2, -0.15) is 0 Å². The number of hydrogen-bond donors (Lipinski definition) is 2. The summed E-state index contributed by atoms with van der Waals surface area (Å²) in [5.74, 6) is -1.11. The molecule has 1 aromatic carbocycles. The summed E-state index contributed by atoms with van der Waals surface area (Å²) in [5, 5.41) is 10.1. The summed E-state index contributed by atoms with van der Waals surface area (Å²) in [6.45, 7) is 5.93. The third-order valence-corrected chi connectivity index (χ3v) is 3.53. The first-order chi connectivity index (χ1) is 9.47. The molecule has 0 aliphatic heterocycles. The SMILES string of the molecule is CC(C)=CCc1ccc2c(CC(C)C(=O)O)c[nH]c2c1. The molecule has 20 heavy (non-hydrogen) atoms. The van der Waals surface area contributed by atoms with Gasteiger partial charge in [0.25, 0.3) is 0 Å². The Bertz CT molecular complexity index is 648. The molecule has 0 saturated heterocycles. The highest BCUT2D eigenvalue weighted by atomic mass is 16.4. The largest absolute Gasteiger partial charge is 0.481 e. The van der Waals surface area contributed by atoms with Crippen molar-refractivity contribution >= 4 is 16.9 Å². The van der Waals surface area contributed by atoms with Crippen molar-refractivity contribution in [2.75, 3.05) is 0 Å². The summed E-state index contributed by atoms with van der Waals surface area (Å²) in [4.78, 5) is 14.2. The van der Waals surface area contributed by atoms with Crippen LogP contribution in [0.25, 0.3) is 10.9 Å². The summed E-state index contributed by atoms with van der Waals surface area (Å²) >= 11 is 0. The number of carboxylic acid groups (broad SMARTS) is 1. The number of carboxylic acids is 1. The predicted octanol–water partition coefficient (Wildman–Crippen LogP) is 3.94. The number of nitrogens with one attached hydrogen (secondary N) is 1. The van der Waals surface area contributed by atoms with Crippen LogP contribution in [0.15, 0.2) is 36.0 Å². The third-order valence-electron chi connectivity index (χ3n) is 3.53. The van der Waals surface area contributed by atoms with E-state index in [2.05, 4.69) is 43.1 Å². The van der Waals surface area contributed by atoms with E-state index in [0.29, 0.717) is 6.42 Å². The minimum Gasteiger partial charge on any atom is -0.481 e. The molecule has 3 nitrogen and oxygen atoms in total. The Morgan fingerprint density at radius 2 is 2.15 bits per heavy atom. The van der Waals surface area contributed by atoms with Crippen LogP contribution in [0.1, 0.15) is 31.9 Å². The lowest BCUT2D eigenvalue weighted by atomic mass is 10.00. The predicted molar refractivity (Wildman–Crippen MR) is 81.9 cm³/mol. The van der Waals surface area contributed by atoms with E-state index in [0.717, 1.165) is 22.9 Å². The van der Waals surface area contributed by atoms with Crippen LogP contribution in [-0.4, -0.2) is 16.1 Å². The molecule has 2 aromatic rings. The van der Waals surface area contributed by atoms with Gasteiger partial charge < -0.3 is 10.1 Å². The Labute approximate surface area is 119 Å². The fourth-order valence-electron chi connectivity index (χ4n) is 2.27. The topological polar surface area (TPSA) is 53.1 Å². The Balaban J connectivity index is 2.24. The van der Waals surface area contributed by atoms with Crippen LogP contribution >= 0.6 is 0 Å². The molecule has 2 rings (SSSR count). The first-order valence-electron chi connectivity index (χ1n) is 6.92. The minimum atomic E-state index is -0.750. The number of hydrogen-bond acceptors (Lipinski definition) is 1. The Hall–Kier alpha value is -2.03. The van der Waals surface area contributed by atoms with E-state index in [1.165, 1.54) is 11.1 Å². The van der Waals surface area contributed by atoms with Gasteiger partial charge in [-0.05, 0) is 43.9 Å². The van der Waals surface area contributed by atoms with E-state index < -0.39 is 5.97 Å². The summed E-state index contributed by atoms with van der Waals surface area (Å²) in [6, 6.07) is 6.35. The Morgan fingerprint density at radius 1 is 1.40 bits per heavy atom. The molecule has 1 atom stereocenters. The van der Waals surface area contributed by atoms with Gasteiger partial charge in [-0.1, -0.05) is 30.7 Å². The molecular weight excluding hydrogens is 250 g/mol. The van der Waals surface area contributed by atoms with Gasteiger partial charge in [0.2, 0.25) is 0 Å². The molecule has 0 fully saturated rings. The summed E-state index contributed by atoms with van der Waals surface area (Å²) in [7, 11) is 0. The second-order valence-corrected chi connectivity index (χ2v) is 5.62. The van der Waals surface area contributed by atoms with Crippen LogP contribution < -0.4 is 0 Å². The van der Waals surface area contributed by atoms with Gasteiger partial charge in [0.05, 0.1) is 5.92 Å². The van der Waals surface area contributed by atoms with Gasteiger partial charge in [0.1, 0.15) is 0 Å². The first-order valence-corrected chi connectivity index (χ1v) is 6.92. The lowest BCUT2D eigenvalue weighted by molar-refractivity contribution is -0.141. The highest BCUT2D eigenvalue weighted by Gasteiger charge is 2.14. The summed E-state index contributed by atoms with van der Waals surface area (Å²) < 4.78 is 0. The zero-order valence-corrected chi connectivity index (χ0v) is 12.2. The van der Waals surface area contributed by atoms with E-state index in [9.17, 15) is 4.79 Å². The first kappa shape index (κ1) is 14.4. The highest BCUT2D eigenvalue weighted by Crippen LogP contribution is 2.22. The normalized spacial score (nSPS) is 12.3. The van der Waals surface area contributed by atoms with E-state index in [4.69, 9.17) is 5.11 Å². The molecule has 1 heterocycles. The molecule has 0 radical (unpaired) electrons. The van der Waals surface area contributed by atoms with Crippen molar-refractivity contribution < 1.29 is 9.90 Å². The molecule has 1 aromatic heterocycles. The monoisotopic (exact) mass is 271 g/mol. The Kier molecular flexibility index (Phi) is 4.28. The van der Waals surface area contributed by atoms with E-state index >= 15 is 0 Å². The third kappa shape index (κ3) is 3.29. The van der Waals surface area contributed by atoms with Crippen molar-refractivity contribution in [2.45, 2.75) is 33.6 Å². The molecule has 0 aliphatic carbocycles. The van der Waals surface area contributed by atoms with E-state index in [-0.39, 0.29) is 5.92 Å². The van der Waals surface area contributed by atoms with E-state index in [1.807, 2.05) is 6.20 Å². The number of aliphatic carboxylic acids is 1. The van der Waals surface area contributed by atoms with Gasteiger partial charge in [-0.15, -0.1) is 0 Å². The van der Waals surface area contributed by atoms with Crippen molar-refractivity contribution in [2.24, 2.45) is 5.92 Å². The number of rotatable bonds is 5. The van der Waals surface area contributed by atoms with Crippen LogP contribution in [0.4, 0.5) is 0 Å². The maximum Gasteiger partial charge on any atom is 0.306 e. The molecule has 0 amide bonds. The molecule has 1 unspecified atom stereocenters. The molecule has 106 valence electrons. The smallest absolute Gasteiger partial charge is 0.306 e. The fourth-order valence-corrected chi connectivity index (χ4v) is 2.27. The van der Waals surface area contributed by atoms with Gasteiger partial charge in [-0.25, -0.2) is 0 Å². The van der Waals surface area contributed by atoms with Crippen LogP contribution in [-0.2, 0) is 17.6 Å². The van der Waals surface area contributed by atoms with Crippen molar-refractivity contribution in [3.05, 3.63) is 47.2 Å². The highest BCUT2D eigenvalue weighted by molar-refractivity contribution is 5.84. The molecular formula is C17H21NO2. The van der Waals surface area contributed by atoms with Crippen LogP contribution in [0, 0.1) is 5.92 Å². The lowest BCUT2D eigenvalue weighted by Crippen LogP contribution is -2.11. The number of aromatic nitrogens is 1. The standard InChI is InChI=1S/C17H21NO2/c1-11(2)4-5-13-6-7-15-14(8-12(3)17(19)20)10-18-16(15)9-13/h4,6-7,9-10,12,18H,5,8H2,1-3H3,(H,19,20). The quantitative estimate of drug-likeness (QED) is 0.809. The van der Waals surface area contributed by atoms with Gasteiger partial charge in [0, 0.05) is 17.1 Å². The average molecular weight is 271 g/mol. The molecule has 0 saturated carbocycles. The van der Waals surface area contributed by atoms with E-state index in [1.54, 1.807) is 6.92 Å². The summed E-state index contributed by atoms with van der Waals surface area (Å²) in [6.07, 6.45) is 5.62. The Morgan fingerprint density at radius 3 is 2.80 bits per heavy atom. The number of aromatic amines is 1. The van der Waals surface area contributed by atoms with Crippen molar-refractivity contribution in [3.8, 4) is 0 Å². The lowest BCUT2D eigenvalue weighted by Gasteiger charge is -2.05. The maximum absolute atomic E-state index is 10.9. The molecule has 0 aliphatic rings. The van der Waals surface area contributed by atoms with Crippen molar-refractivity contribution in [3.63, 3.8) is 0 Å². The number of H-pyrrole nitrogens is 1. The molecule has 3 heteroatoms. The number of fused-ring (bicyclic) bond motifs is 1. The molecule has 0 bridgehead atoms. The van der Waals surface area contributed by atoms with Crippen LogP contribution in [0.5, 0.6) is 0 Å². The number of carbonyl (C=O) groups is 1. The van der Waals surface area contributed by atoms with Crippen LogP contribution in [0.3, 0.4) is 0 Å². The number of allylic oxidation sites excluding steroid dienone is 2. The van der Waals surface area contributed by atoms with Crippen molar-refractivity contribution in [1.29, 1.82) is 0 Å². The second-order valence-electron chi connectivity index (χ2n) is 5.62. The van der Waals surface area contributed by atoms with Gasteiger partial charge in [0.15, 0.2) is 0 Å². The van der Waals surface area contributed by atoms with Gasteiger partial charge >= 0.3 is 5.97 Å².